The average molecular weight is 444 g/mol. The molecule has 1 fully saturated rings. The third-order valence-electron chi connectivity index (χ3n) is 6.16. The maximum atomic E-state index is 6.29. The lowest BCUT2D eigenvalue weighted by Crippen LogP contribution is -2.30. The number of benzene rings is 2. The normalized spacial score (nSPS) is 20.4. The maximum Gasteiger partial charge on any atom is 0.227 e. The lowest BCUT2D eigenvalue weighted by molar-refractivity contribution is 0.146. The van der Waals surface area contributed by atoms with Crippen LogP contribution < -0.4 is 0 Å². The largest absolute Gasteiger partial charge is 0.339 e. The zero-order valence-corrected chi connectivity index (χ0v) is 18.9. The average Bonchev–Trinajstić information content (AvgIpc) is 3.20. The molecule has 2 aromatic carbocycles. The molecule has 6 heteroatoms. The van der Waals surface area contributed by atoms with Crippen molar-refractivity contribution < 1.29 is 4.52 Å². The first kappa shape index (κ1) is 21.4. The van der Waals surface area contributed by atoms with Crippen LogP contribution in [0.2, 0.25) is 10.0 Å². The molecule has 0 N–H and O–H groups in total. The molecule has 0 aliphatic heterocycles. The predicted molar refractivity (Wildman–Crippen MR) is 122 cm³/mol. The molecule has 0 spiro atoms. The predicted octanol–water partition coefficient (Wildman–Crippen LogP) is 6.70. The van der Waals surface area contributed by atoms with Crippen molar-refractivity contribution in [2.24, 2.45) is 11.8 Å². The number of hydrogen-bond donors (Lipinski definition) is 0. The molecule has 3 aromatic rings. The van der Waals surface area contributed by atoms with E-state index in [4.69, 9.17) is 27.7 Å². The molecule has 4 rings (SSSR count). The summed E-state index contributed by atoms with van der Waals surface area (Å²) >= 11 is 12.4. The minimum absolute atomic E-state index is 0.461. The Balaban J connectivity index is 1.38. The fourth-order valence-corrected chi connectivity index (χ4v) is 5.11. The fourth-order valence-electron chi connectivity index (χ4n) is 4.72. The summed E-state index contributed by atoms with van der Waals surface area (Å²) in [4.78, 5) is 6.94. The summed E-state index contributed by atoms with van der Waals surface area (Å²) in [6, 6.07) is 16.8. The summed E-state index contributed by atoms with van der Waals surface area (Å²) in [5.41, 5.74) is 2.12. The Morgan fingerprint density at radius 3 is 2.43 bits per heavy atom. The van der Waals surface area contributed by atoms with Gasteiger partial charge in [0.25, 0.3) is 0 Å². The van der Waals surface area contributed by atoms with E-state index in [1.54, 1.807) is 6.07 Å². The Morgan fingerprint density at radius 2 is 1.73 bits per heavy atom. The van der Waals surface area contributed by atoms with E-state index >= 15 is 0 Å². The highest BCUT2D eigenvalue weighted by Gasteiger charge is 2.30. The van der Waals surface area contributed by atoms with E-state index < -0.39 is 0 Å². The second kappa shape index (κ2) is 9.51. The molecule has 1 aliphatic carbocycles. The SMILES string of the molecule is CN(C)C(c1ccccc1)C1CCC(Cc2nc(-c3cccc(Cl)c3Cl)no2)CC1. The van der Waals surface area contributed by atoms with Gasteiger partial charge in [-0.3, -0.25) is 0 Å². The molecule has 158 valence electrons. The zero-order valence-electron chi connectivity index (χ0n) is 17.4. The molecule has 1 atom stereocenters. The summed E-state index contributed by atoms with van der Waals surface area (Å²) in [5, 5.41) is 5.08. The second-order valence-electron chi connectivity index (χ2n) is 8.42. The molecule has 1 heterocycles. The van der Waals surface area contributed by atoms with Gasteiger partial charge in [0.1, 0.15) is 0 Å². The number of aromatic nitrogens is 2. The molecular formula is C24H27Cl2N3O. The smallest absolute Gasteiger partial charge is 0.227 e. The first-order valence-corrected chi connectivity index (χ1v) is 11.3. The second-order valence-corrected chi connectivity index (χ2v) is 9.20. The molecule has 1 aliphatic rings. The van der Waals surface area contributed by atoms with Gasteiger partial charge in [-0.25, -0.2) is 0 Å². The Morgan fingerprint density at radius 1 is 1.00 bits per heavy atom. The Labute approximate surface area is 188 Å². The zero-order chi connectivity index (χ0) is 21.1. The van der Waals surface area contributed by atoms with Crippen molar-refractivity contribution in [2.75, 3.05) is 14.1 Å². The molecule has 1 saturated carbocycles. The summed E-state index contributed by atoms with van der Waals surface area (Å²) in [6.07, 6.45) is 5.60. The van der Waals surface area contributed by atoms with Gasteiger partial charge in [0, 0.05) is 18.0 Å². The van der Waals surface area contributed by atoms with Gasteiger partial charge >= 0.3 is 0 Å². The number of rotatable bonds is 6. The van der Waals surface area contributed by atoms with Crippen LogP contribution in [0.5, 0.6) is 0 Å². The summed E-state index contributed by atoms with van der Waals surface area (Å²) in [6.45, 7) is 0. The lowest BCUT2D eigenvalue weighted by atomic mass is 9.75. The number of nitrogens with zero attached hydrogens (tertiary/aromatic N) is 3. The highest BCUT2D eigenvalue weighted by Crippen LogP contribution is 2.40. The molecule has 1 aromatic heterocycles. The van der Waals surface area contributed by atoms with Crippen LogP contribution in [-0.4, -0.2) is 29.1 Å². The van der Waals surface area contributed by atoms with E-state index in [9.17, 15) is 0 Å². The van der Waals surface area contributed by atoms with Crippen LogP contribution in [0.15, 0.2) is 53.1 Å². The van der Waals surface area contributed by atoms with Crippen LogP contribution in [-0.2, 0) is 6.42 Å². The van der Waals surface area contributed by atoms with Crippen LogP contribution in [0.25, 0.3) is 11.4 Å². The number of halogens is 2. The van der Waals surface area contributed by atoms with Crippen LogP contribution in [0.1, 0.15) is 43.2 Å². The van der Waals surface area contributed by atoms with Gasteiger partial charge in [-0.2, -0.15) is 4.98 Å². The van der Waals surface area contributed by atoms with E-state index in [0.717, 1.165) is 6.42 Å². The Hall–Kier alpha value is -1.88. The first-order chi connectivity index (χ1) is 14.5. The minimum Gasteiger partial charge on any atom is -0.339 e. The van der Waals surface area contributed by atoms with Gasteiger partial charge in [-0.1, -0.05) is 64.8 Å². The van der Waals surface area contributed by atoms with Crippen molar-refractivity contribution in [1.82, 2.24) is 15.0 Å². The van der Waals surface area contributed by atoms with Gasteiger partial charge in [-0.05, 0) is 69.3 Å². The van der Waals surface area contributed by atoms with Crippen molar-refractivity contribution in [3.05, 3.63) is 70.0 Å². The van der Waals surface area contributed by atoms with Gasteiger partial charge in [-0.15, -0.1) is 0 Å². The van der Waals surface area contributed by atoms with Crippen molar-refractivity contribution in [3.8, 4) is 11.4 Å². The summed E-state index contributed by atoms with van der Waals surface area (Å²) in [7, 11) is 4.37. The topological polar surface area (TPSA) is 42.2 Å². The molecule has 0 bridgehead atoms. The standard InChI is InChI=1S/C24H27Cl2N3O/c1-29(2)23(17-7-4-3-5-8-17)18-13-11-16(12-14-18)15-21-27-24(28-30-21)19-9-6-10-20(25)22(19)26/h3-10,16,18,23H,11-15H2,1-2H3. The minimum atomic E-state index is 0.461. The lowest BCUT2D eigenvalue weighted by Gasteiger charge is -2.37. The first-order valence-electron chi connectivity index (χ1n) is 10.5. The van der Waals surface area contributed by atoms with E-state index in [1.807, 2.05) is 12.1 Å². The molecule has 4 nitrogen and oxygen atoms in total. The van der Waals surface area contributed by atoms with Crippen LogP contribution in [0.4, 0.5) is 0 Å². The number of hydrogen-bond acceptors (Lipinski definition) is 4. The third kappa shape index (κ3) is 4.72. The van der Waals surface area contributed by atoms with Crippen molar-refractivity contribution in [1.29, 1.82) is 0 Å². The van der Waals surface area contributed by atoms with E-state index in [2.05, 4.69) is 59.5 Å². The Kier molecular flexibility index (Phi) is 6.77. The van der Waals surface area contributed by atoms with Gasteiger partial charge in [0.15, 0.2) is 0 Å². The quantitative estimate of drug-likeness (QED) is 0.425. The molecule has 0 amide bonds. The Bertz CT molecular complexity index is 966. The van der Waals surface area contributed by atoms with Crippen LogP contribution in [0, 0.1) is 11.8 Å². The van der Waals surface area contributed by atoms with Gasteiger partial charge < -0.3 is 9.42 Å². The molecule has 0 radical (unpaired) electrons. The maximum absolute atomic E-state index is 6.29. The highest BCUT2D eigenvalue weighted by molar-refractivity contribution is 6.43. The van der Waals surface area contributed by atoms with Crippen LogP contribution in [0.3, 0.4) is 0 Å². The van der Waals surface area contributed by atoms with E-state index in [0.29, 0.717) is 45.2 Å². The van der Waals surface area contributed by atoms with Gasteiger partial charge in [0.05, 0.1) is 10.0 Å². The molecule has 0 saturated heterocycles. The van der Waals surface area contributed by atoms with Gasteiger partial charge in [0.2, 0.25) is 11.7 Å². The molecule has 30 heavy (non-hydrogen) atoms. The van der Waals surface area contributed by atoms with Crippen molar-refractivity contribution in [3.63, 3.8) is 0 Å². The highest BCUT2D eigenvalue weighted by atomic mass is 35.5. The van der Waals surface area contributed by atoms with Crippen molar-refractivity contribution >= 4 is 23.2 Å². The molecular weight excluding hydrogens is 417 g/mol. The van der Waals surface area contributed by atoms with Crippen molar-refractivity contribution in [2.45, 2.75) is 38.1 Å². The van der Waals surface area contributed by atoms with Crippen LogP contribution >= 0.6 is 23.2 Å². The van der Waals surface area contributed by atoms with E-state index in [1.165, 1.54) is 31.2 Å². The summed E-state index contributed by atoms with van der Waals surface area (Å²) in [5.74, 6) is 2.42. The fraction of sp³-hybridized carbons (Fsp3) is 0.417. The monoisotopic (exact) mass is 443 g/mol. The molecule has 1 unspecified atom stereocenters. The van der Waals surface area contributed by atoms with E-state index in [-0.39, 0.29) is 0 Å². The summed E-state index contributed by atoms with van der Waals surface area (Å²) < 4.78 is 5.53. The third-order valence-corrected chi connectivity index (χ3v) is 6.98.